The number of hydrogen-bond donors (Lipinski definition) is 2. The molecule has 4 heteroatoms. The summed E-state index contributed by atoms with van der Waals surface area (Å²) >= 11 is 0. The molecule has 1 aromatic carbocycles. The van der Waals surface area contributed by atoms with Gasteiger partial charge in [0, 0.05) is 17.6 Å². The fourth-order valence-electron chi connectivity index (χ4n) is 2.17. The zero-order valence-corrected chi connectivity index (χ0v) is 10.3. The summed E-state index contributed by atoms with van der Waals surface area (Å²) in [6, 6.07) is 7.62. The third-order valence-electron chi connectivity index (χ3n) is 2.99. The Hall–Kier alpha value is -2.25. The number of aromatic nitrogens is 1. The lowest BCUT2D eigenvalue weighted by Crippen LogP contribution is -2.05. The number of nitrogen functional groups attached to an aromatic ring is 1. The summed E-state index contributed by atoms with van der Waals surface area (Å²) in [5.41, 5.74) is 9.46. The fraction of sp³-hybridized carbons (Fsp3) is 0.214. The molecule has 0 unspecified atom stereocenters. The van der Waals surface area contributed by atoms with E-state index in [-0.39, 0.29) is 6.61 Å². The van der Waals surface area contributed by atoms with E-state index in [9.17, 15) is 5.26 Å². The van der Waals surface area contributed by atoms with Gasteiger partial charge in [0.15, 0.2) is 0 Å². The lowest BCUT2D eigenvalue weighted by atomic mass is 10.1. The van der Waals surface area contributed by atoms with E-state index in [1.165, 1.54) is 0 Å². The van der Waals surface area contributed by atoms with Crippen molar-refractivity contribution >= 4 is 22.2 Å². The van der Waals surface area contributed by atoms with Crippen molar-refractivity contribution in [1.29, 1.82) is 5.26 Å². The van der Waals surface area contributed by atoms with Gasteiger partial charge in [-0.1, -0.05) is 6.58 Å². The number of allylic oxidation sites excluding steroid dienone is 1. The maximum absolute atomic E-state index is 9.17. The van der Waals surface area contributed by atoms with Crippen molar-refractivity contribution in [2.45, 2.75) is 13.5 Å². The minimum absolute atomic E-state index is 0.0380. The van der Waals surface area contributed by atoms with Crippen LogP contribution in [0.5, 0.6) is 0 Å². The van der Waals surface area contributed by atoms with Gasteiger partial charge in [-0.15, -0.1) is 0 Å². The van der Waals surface area contributed by atoms with Crippen molar-refractivity contribution in [3.8, 4) is 6.07 Å². The Labute approximate surface area is 106 Å². The Morgan fingerprint density at radius 3 is 2.83 bits per heavy atom. The highest BCUT2D eigenvalue weighted by molar-refractivity contribution is 5.93. The molecule has 0 aliphatic heterocycles. The Morgan fingerprint density at radius 1 is 1.56 bits per heavy atom. The third-order valence-corrected chi connectivity index (χ3v) is 2.99. The van der Waals surface area contributed by atoms with E-state index in [4.69, 9.17) is 10.8 Å². The molecule has 4 nitrogen and oxygen atoms in total. The monoisotopic (exact) mass is 241 g/mol. The summed E-state index contributed by atoms with van der Waals surface area (Å²) in [6.07, 6.45) is 0. The van der Waals surface area contributed by atoms with Crippen molar-refractivity contribution in [1.82, 2.24) is 4.57 Å². The molecule has 0 radical (unpaired) electrons. The first-order chi connectivity index (χ1) is 8.60. The number of nitrogens with two attached hydrogens (primary N) is 1. The van der Waals surface area contributed by atoms with Gasteiger partial charge in [-0.2, -0.15) is 5.26 Å². The van der Waals surface area contributed by atoms with Crippen LogP contribution in [0, 0.1) is 11.3 Å². The molecule has 0 saturated heterocycles. The lowest BCUT2D eigenvalue weighted by Gasteiger charge is -2.08. The van der Waals surface area contributed by atoms with Crippen LogP contribution in [0.1, 0.15) is 18.2 Å². The van der Waals surface area contributed by atoms with Gasteiger partial charge in [-0.25, -0.2) is 0 Å². The zero-order chi connectivity index (χ0) is 13.3. The number of rotatable bonds is 3. The highest BCUT2D eigenvalue weighted by Gasteiger charge is 2.13. The van der Waals surface area contributed by atoms with Gasteiger partial charge >= 0.3 is 0 Å². The van der Waals surface area contributed by atoms with E-state index < -0.39 is 0 Å². The second-order valence-corrected chi connectivity index (χ2v) is 4.26. The van der Waals surface area contributed by atoms with Crippen molar-refractivity contribution < 1.29 is 5.11 Å². The standard InChI is InChI=1S/C14H15N3O/c1-9(2)14-7-10-11(8-15)12(16)3-4-13(10)17(14)5-6-18/h3-4,7,18H,1,5-6,16H2,2H3. The van der Waals surface area contributed by atoms with Crippen molar-refractivity contribution in [3.63, 3.8) is 0 Å². The molecule has 0 aliphatic carbocycles. The molecule has 92 valence electrons. The van der Waals surface area contributed by atoms with Crippen LogP contribution in [0.3, 0.4) is 0 Å². The summed E-state index contributed by atoms with van der Waals surface area (Å²) in [4.78, 5) is 0. The Kier molecular flexibility index (Phi) is 3.09. The highest BCUT2D eigenvalue weighted by Crippen LogP contribution is 2.29. The van der Waals surface area contributed by atoms with Crippen LogP contribution >= 0.6 is 0 Å². The number of nitrogens with zero attached hydrogens (tertiary/aromatic N) is 2. The van der Waals surface area contributed by atoms with Gasteiger partial charge in [0.05, 0.1) is 23.4 Å². The first-order valence-electron chi connectivity index (χ1n) is 5.68. The summed E-state index contributed by atoms with van der Waals surface area (Å²) in [5.74, 6) is 0. The van der Waals surface area contributed by atoms with Crippen molar-refractivity contribution in [2.24, 2.45) is 0 Å². The van der Waals surface area contributed by atoms with E-state index >= 15 is 0 Å². The van der Waals surface area contributed by atoms with Gasteiger partial charge in [0.1, 0.15) is 6.07 Å². The minimum atomic E-state index is 0.0380. The Balaban J connectivity index is 2.84. The summed E-state index contributed by atoms with van der Waals surface area (Å²) in [7, 11) is 0. The van der Waals surface area contributed by atoms with E-state index in [2.05, 4.69) is 12.6 Å². The molecule has 0 aliphatic rings. The largest absolute Gasteiger partial charge is 0.398 e. The molecule has 0 atom stereocenters. The molecule has 1 heterocycles. The first-order valence-corrected chi connectivity index (χ1v) is 5.68. The van der Waals surface area contributed by atoms with Crippen LogP contribution in [0.4, 0.5) is 5.69 Å². The fourth-order valence-corrected chi connectivity index (χ4v) is 2.17. The predicted octanol–water partition coefficient (Wildman–Crippen LogP) is 2.12. The number of hydrogen-bond acceptors (Lipinski definition) is 3. The molecule has 3 N–H and O–H groups in total. The molecule has 0 spiro atoms. The van der Waals surface area contributed by atoms with Crippen molar-refractivity contribution in [2.75, 3.05) is 12.3 Å². The molecule has 0 fully saturated rings. The first kappa shape index (κ1) is 12.2. The van der Waals surface area contributed by atoms with Crippen LogP contribution in [0.25, 0.3) is 16.5 Å². The predicted molar refractivity (Wildman–Crippen MR) is 72.9 cm³/mol. The molecule has 1 aromatic heterocycles. The number of anilines is 1. The SMILES string of the molecule is C=C(C)c1cc2c(C#N)c(N)ccc2n1CCO. The quantitative estimate of drug-likeness (QED) is 0.808. The second kappa shape index (κ2) is 4.55. The van der Waals surface area contributed by atoms with Gasteiger partial charge in [-0.05, 0) is 30.7 Å². The smallest absolute Gasteiger partial charge is 0.102 e. The van der Waals surface area contributed by atoms with Crippen LogP contribution < -0.4 is 5.73 Å². The van der Waals surface area contributed by atoms with Crippen LogP contribution in [-0.2, 0) is 6.54 Å². The lowest BCUT2D eigenvalue weighted by molar-refractivity contribution is 0.277. The average Bonchev–Trinajstić information content (AvgIpc) is 2.69. The number of fused-ring (bicyclic) bond motifs is 1. The maximum Gasteiger partial charge on any atom is 0.102 e. The Morgan fingerprint density at radius 2 is 2.28 bits per heavy atom. The third kappa shape index (κ3) is 1.75. The van der Waals surface area contributed by atoms with E-state index in [1.54, 1.807) is 6.07 Å². The molecule has 2 aromatic rings. The van der Waals surface area contributed by atoms with Crippen LogP contribution in [0.15, 0.2) is 24.8 Å². The van der Waals surface area contributed by atoms with Gasteiger partial charge in [0.25, 0.3) is 0 Å². The average molecular weight is 241 g/mol. The van der Waals surface area contributed by atoms with Gasteiger partial charge in [0.2, 0.25) is 0 Å². The van der Waals surface area contributed by atoms with E-state index in [0.29, 0.717) is 17.8 Å². The topological polar surface area (TPSA) is 75.0 Å². The zero-order valence-electron chi connectivity index (χ0n) is 10.3. The van der Waals surface area contributed by atoms with Crippen molar-refractivity contribution in [3.05, 3.63) is 36.0 Å². The molecule has 0 saturated carbocycles. The van der Waals surface area contributed by atoms with Gasteiger partial charge in [-0.3, -0.25) is 0 Å². The van der Waals surface area contributed by atoms with Gasteiger partial charge < -0.3 is 15.4 Å². The number of aliphatic hydroxyl groups is 1. The summed E-state index contributed by atoms with van der Waals surface area (Å²) in [6.45, 7) is 6.34. The van der Waals surface area contributed by atoms with Crippen LogP contribution in [-0.4, -0.2) is 16.3 Å². The highest BCUT2D eigenvalue weighted by atomic mass is 16.3. The second-order valence-electron chi connectivity index (χ2n) is 4.26. The normalized spacial score (nSPS) is 10.5. The maximum atomic E-state index is 9.17. The number of nitriles is 1. The minimum Gasteiger partial charge on any atom is -0.398 e. The number of aliphatic hydroxyl groups excluding tert-OH is 1. The Bertz CT molecular complexity index is 662. The van der Waals surface area contributed by atoms with E-state index in [1.807, 2.05) is 23.6 Å². The molecule has 0 amide bonds. The van der Waals surface area contributed by atoms with Crippen LogP contribution in [0.2, 0.25) is 0 Å². The van der Waals surface area contributed by atoms with E-state index in [0.717, 1.165) is 22.2 Å². The number of benzene rings is 1. The molecule has 0 bridgehead atoms. The molecular formula is C14H15N3O. The summed E-state index contributed by atoms with van der Waals surface area (Å²) < 4.78 is 1.96. The molecular weight excluding hydrogens is 226 g/mol. The molecule has 18 heavy (non-hydrogen) atoms. The molecule has 2 rings (SSSR count). The summed E-state index contributed by atoms with van der Waals surface area (Å²) in [5, 5.41) is 19.1.